The van der Waals surface area contributed by atoms with Gasteiger partial charge >= 0.3 is 0 Å². The van der Waals surface area contributed by atoms with Crippen LogP contribution >= 0.6 is 0 Å². The summed E-state index contributed by atoms with van der Waals surface area (Å²) in [6.07, 6.45) is 1.96. The molecule has 1 atom stereocenters. The number of ether oxygens (including phenoxy) is 1. The quantitative estimate of drug-likeness (QED) is 0.371. The average Bonchev–Trinajstić information content (AvgIpc) is 2.79. The monoisotopic (exact) mass is 471 g/mol. The lowest BCUT2D eigenvalue weighted by Gasteiger charge is -2.18. The molecule has 1 unspecified atom stereocenters. The molecule has 2 rings (SSSR count). The number of H-pyrrole nitrogens is 1. The van der Waals surface area contributed by atoms with Crippen molar-refractivity contribution in [3.63, 3.8) is 0 Å². The highest BCUT2D eigenvalue weighted by Crippen LogP contribution is 2.31. The fraction of sp³-hybridized carbons (Fsp3) is 0.458. The second-order valence-electron chi connectivity index (χ2n) is 7.85. The molecule has 0 aliphatic carbocycles. The van der Waals surface area contributed by atoms with Crippen molar-refractivity contribution in [2.24, 2.45) is 5.73 Å². The Labute approximate surface area is 198 Å². The van der Waals surface area contributed by atoms with Gasteiger partial charge in [-0.1, -0.05) is 20.8 Å². The van der Waals surface area contributed by atoms with Crippen LogP contribution in [0.4, 0.5) is 5.69 Å². The molecule has 0 spiro atoms. The topological polar surface area (TPSA) is 156 Å². The number of aryl methyl sites for hydroxylation is 1. The molecule has 184 valence electrons. The number of primary amides is 1. The molecule has 0 aliphatic rings. The molecule has 0 bridgehead atoms. The van der Waals surface area contributed by atoms with Crippen molar-refractivity contribution < 1.29 is 19.1 Å². The van der Waals surface area contributed by atoms with E-state index in [4.69, 9.17) is 10.5 Å². The van der Waals surface area contributed by atoms with Gasteiger partial charge in [-0.2, -0.15) is 0 Å². The van der Waals surface area contributed by atoms with Gasteiger partial charge < -0.3 is 26.1 Å². The summed E-state index contributed by atoms with van der Waals surface area (Å²) < 4.78 is 5.85. The predicted octanol–water partition coefficient (Wildman–Crippen LogP) is 2.06. The maximum atomic E-state index is 12.8. The van der Waals surface area contributed by atoms with E-state index in [0.29, 0.717) is 53.5 Å². The molecule has 0 saturated heterocycles. The molecule has 0 radical (unpaired) electrons. The van der Waals surface area contributed by atoms with E-state index in [1.54, 1.807) is 18.2 Å². The van der Waals surface area contributed by atoms with Crippen LogP contribution in [0.25, 0.3) is 11.4 Å². The predicted molar refractivity (Wildman–Crippen MR) is 129 cm³/mol. The summed E-state index contributed by atoms with van der Waals surface area (Å²) in [5.74, 6) is -0.616. The number of carbonyl (C=O) groups is 3. The van der Waals surface area contributed by atoms with Gasteiger partial charge in [0.15, 0.2) is 0 Å². The van der Waals surface area contributed by atoms with Gasteiger partial charge in [0.2, 0.25) is 17.7 Å². The first-order valence-electron chi connectivity index (χ1n) is 11.5. The van der Waals surface area contributed by atoms with Gasteiger partial charge in [-0.05, 0) is 43.9 Å². The number of benzene rings is 1. The summed E-state index contributed by atoms with van der Waals surface area (Å²) in [6, 6.07) is 4.07. The van der Waals surface area contributed by atoms with Crippen LogP contribution in [0.5, 0.6) is 5.75 Å². The lowest BCUT2D eigenvalue weighted by atomic mass is 10.1. The summed E-state index contributed by atoms with van der Waals surface area (Å²) in [5, 5.41) is 5.28. The van der Waals surface area contributed by atoms with Crippen molar-refractivity contribution in [1.82, 2.24) is 15.3 Å². The molecule has 0 aliphatic heterocycles. The Hall–Kier alpha value is -3.69. The van der Waals surface area contributed by atoms with Gasteiger partial charge in [0, 0.05) is 24.6 Å². The Morgan fingerprint density at radius 3 is 2.50 bits per heavy atom. The molecule has 2 aromatic rings. The highest BCUT2D eigenvalue weighted by atomic mass is 16.5. The normalized spacial score (nSPS) is 11.5. The summed E-state index contributed by atoms with van der Waals surface area (Å²) in [7, 11) is 0. The number of nitrogens with zero attached hydrogens (tertiary/aromatic N) is 1. The number of carbonyl (C=O) groups excluding carboxylic acids is 3. The summed E-state index contributed by atoms with van der Waals surface area (Å²) in [4.78, 5) is 55.6. The first kappa shape index (κ1) is 26.6. The first-order chi connectivity index (χ1) is 16.2. The molecule has 1 heterocycles. The molecular weight excluding hydrogens is 438 g/mol. The Morgan fingerprint density at radius 2 is 1.91 bits per heavy atom. The number of nitrogens with two attached hydrogens (primary N) is 1. The third kappa shape index (κ3) is 7.16. The highest BCUT2D eigenvalue weighted by Gasteiger charge is 2.21. The number of amides is 3. The van der Waals surface area contributed by atoms with Crippen LogP contribution in [0.1, 0.15) is 58.2 Å². The largest absolute Gasteiger partial charge is 0.493 e. The maximum absolute atomic E-state index is 12.8. The fourth-order valence-corrected chi connectivity index (χ4v) is 3.49. The van der Waals surface area contributed by atoms with Gasteiger partial charge in [0.1, 0.15) is 17.6 Å². The van der Waals surface area contributed by atoms with Crippen LogP contribution in [0.15, 0.2) is 23.0 Å². The van der Waals surface area contributed by atoms with Crippen LogP contribution in [-0.4, -0.2) is 40.3 Å². The first-order valence-corrected chi connectivity index (χ1v) is 11.5. The molecule has 0 saturated carbocycles. The van der Waals surface area contributed by atoms with Crippen molar-refractivity contribution in [2.75, 3.05) is 11.9 Å². The molecule has 3 amide bonds. The third-order valence-corrected chi connectivity index (χ3v) is 5.13. The van der Waals surface area contributed by atoms with Crippen molar-refractivity contribution in [1.29, 1.82) is 0 Å². The van der Waals surface area contributed by atoms with Gasteiger partial charge in [-0.3, -0.25) is 19.2 Å². The number of hydrogen-bond donors (Lipinski definition) is 4. The minimum absolute atomic E-state index is 0.0534. The molecule has 1 aromatic heterocycles. The standard InChI is InChI=1S/C24H33N5O5/c1-5-12-34-20-10-8-15(27-24(33)19(26-14(4)30)9-11-21(25)31)13-17(20)22-28-18(7-3)16(6-2)23(32)29-22/h8,10,13,19H,5-7,9,11-12H2,1-4H3,(H2,25,31)(H,26,30)(H,27,33)(H,28,29,32). The molecule has 34 heavy (non-hydrogen) atoms. The van der Waals surface area contributed by atoms with E-state index in [9.17, 15) is 19.2 Å². The number of rotatable bonds is 12. The van der Waals surface area contributed by atoms with Crippen molar-refractivity contribution >= 4 is 23.4 Å². The smallest absolute Gasteiger partial charge is 0.254 e. The number of aromatic nitrogens is 2. The van der Waals surface area contributed by atoms with E-state index in [1.807, 2.05) is 20.8 Å². The van der Waals surface area contributed by atoms with E-state index in [1.165, 1.54) is 6.92 Å². The van der Waals surface area contributed by atoms with E-state index in [2.05, 4.69) is 20.6 Å². The van der Waals surface area contributed by atoms with E-state index in [-0.39, 0.29) is 18.4 Å². The minimum Gasteiger partial charge on any atom is -0.493 e. The third-order valence-electron chi connectivity index (χ3n) is 5.13. The Bertz CT molecular complexity index is 1100. The number of aromatic amines is 1. The van der Waals surface area contributed by atoms with E-state index < -0.39 is 23.8 Å². The maximum Gasteiger partial charge on any atom is 0.254 e. The summed E-state index contributed by atoms with van der Waals surface area (Å²) in [6.45, 7) is 7.57. The van der Waals surface area contributed by atoms with Gasteiger partial charge in [-0.25, -0.2) is 4.98 Å². The lowest BCUT2D eigenvalue weighted by Crippen LogP contribution is -2.43. The zero-order valence-electron chi connectivity index (χ0n) is 20.1. The number of anilines is 1. The summed E-state index contributed by atoms with van der Waals surface area (Å²) >= 11 is 0. The van der Waals surface area contributed by atoms with Crippen LogP contribution in [-0.2, 0) is 27.2 Å². The Morgan fingerprint density at radius 1 is 1.18 bits per heavy atom. The molecule has 0 fully saturated rings. The van der Waals surface area contributed by atoms with Crippen molar-refractivity contribution in [3.8, 4) is 17.1 Å². The second-order valence-corrected chi connectivity index (χ2v) is 7.85. The van der Waals surface area contributed by atoms with Crippen molar-refractivity contribution in [3.05, 3.63) is 39.8 Å². The van der Waals surface area contributed by atoms with Gasteiger partial charge in [0.25, 0.3) is 5.56 Å². The molecule has 1 aromatic carbocycles. The Balaban J connectivity index is 2.44. The zero-order valence-corrected chi connectivity index (χ0v) is 20.1. The second kappa shape index (κ2) is 12.5. The van der Waals surface area contributed by atoms with Gasteiger partial charge in [-0.15, -0.1) is 0 Å². The number of hydrogen-bond acceptors (Lipinski definition) is 6. The summed E-state index contributed by atoms with van der Waals surface area (Å²) in [5.41, 5.74) is 7.26. The van der Waals surface area contributed by atoms with E-state index in [0.717, 1.165) is 6.42 Å². The van der Waals surface area contributed by atoms with Crippen LogP contribution in [0.3, 0.4) is 0 Å². The van der Waals surface area contributed by atoms with Crippen LogP contribution in [0, 0.1) is 0 Å². The molecule has 10 nitrogen and oxygen atoms in total. The molecular formula is C24H33N5O5. The fourth-order valence-electron chi connectivity index (χ4n) is 3.49. The molecule has 10 heteroatoms. The number of nitrogens with one attached hydrogen (secondary N) is 3. The minimum atomic E-state index is -0.932. The molecule has 5 N–H and O–H groups in total. The van der Waals surface area contributed by atoms with Gasteiger partial charge in [0.05, 0.1) is 17.9 Å². The lowest BCUT2D eigenvalue weighted by molar-refractivity contribution is -0.126. The van der Waals surface area contributed by atoms with Crippen molar-refractivity contribution in [2.45, 2.75) is 65.8 Å². The van der Waals surface area contributed by atoms with E-state index >= 15 is 0 Å². The Kier molecular flexibility index (Phi) is 9.78. The zero-order chi connectivity index (χ0) is 25.3. The van der Waals surface area contributed by atoms with Crippen LogP contribution in [0.2, 0.25) is 0 Å². The highest BCUT2D eigenvalue weighted by molar-refractivity contribution is 5.97. The average molecular weight is 472 g/mol. The van der Waals surface area contributed by atoms with Crippen LogP contribution < -0.4 is 26.7 Å². The SMILES string of the molecule is CCCOc1ccc(NC(=O)C(CCC(N)=O)NC(C)=O)cc1-c1nc(CC)c(CC)c(=O)[nH]1.